The van der Waals surface area contributed by atoms with Crippen molar-refractivity contribution in [3.63, 3.8) is 0 Å². The van der Waals surface area contributed by atoms with E-state index < -0.39 is 0 Å². The van der Waals surface area contributed by atoms with Gasteiger partial charge in [0.2, 0.25) is 0 Å². The summed E-state index contributed by atoms with van der Waals surface area (Å²) in [7, 11) is 0. The molecule has 0 bridgehead atoms. The molecule has 3 nitrogen and oxygen atoms in total. The van der Waals surface area contributed by atoms with Gasteiger partial charge in [-0.1, -0.05) is 18.2 Å². The Kier molecular flexibility index (Phi) is 4.79. The molecule has 2 N–H and O–H groups in total. The maximum atomic E-state index is 5.36. The van der Waals surface area contributed by atoms with Crippen molar-refractivity contribution in [3.8, 4) is 0 Å². The number of para-hydroxylation sites is 1. The molecule has 84 valence electrons. The van der Waals surface area contributed by atoms with Gasteiger partial charge in [0.05, 0.1) is 0 Å². The number of benzene rings is 1. The molecule has 4 heteroatoms. The Morgan fingerprint density at radius 2 is 1.50 bits per heavy atom. The van der Waals surface area contributed by atoms with E-state index >= 15 is 0 Å². The van der Waals surface area contributed by atoms with Gasteiger partial charge >= 0.3 is 0 Å². The predicted molar refractivity (Wildman–Crippen MR) is 69.6 cm³/mol. The Morgan fingerprint density at radius 3 is 1.81 bits per heavy atom. The summed E-state index contributed by atoms with van der Waals surface area (Å²) in [5.41, 5.74) is 8.11. The van der Waals surface area contributed by atoms with E-state index in [2.05, 4.69) is 22.6 Å². The first-order valence-corrected chi connectivity index (χ1v) is 5.34. The van der Waals surface area contributed by atoms with Crippen LogP contribution in [0, 0.1) is 13.8 Å². The predicted octanol–water partition coefficient (Wildman–Crippen LogP) is 2.65. The number of nitrogens with zero attached hydrogens (tertiary/aromatic N) is 2. The number of anilines is 1. The maximum absolute atomic E-state index is 5.36. The van der Waals surface area contributed by atoms with Gasteiger partial charge in [-0.15, -0.1) is 12.6 Å². The quantitative estimate of drug-likeness (QED) is 0.418. The van der Waals surface area contributed by atoms with Gasteiger partial charge in [-0.2, -0.15) is 0 Å². The number of nitrogens with two attached hydrogens (primary N) is 1. The minimum absolute atomic E-state index is 0.549. The molecule has 0 aliphatic carbocycles. The summed E-state index contributed by atoms with van der Waals surface area (Å²) in [5.74, 6) is 0. The minimum Gasteiger partial charge on any atom is -0.399 e. The fourth-order valence-electron chi connectivity index (χ4n) is 1.16. The molecular weight excluding hydrogens is 218 g/mol. The third-order valence-corrected chi connectivity index (χ3v) is 1.97. The molecule has 0 saturated heterocycles. The summed E-state index contributed by atoms with van der Waals surface area (Å²) >= 11 is 4.00. The van der Waals surface area contributed by atoms with Crippen molar-refractivity contribution in [1.29, 1.82) is 0 Å². The van der Waals surface area contributed by atoms with Gasteiger partial charge in [-0.05, 0) is 32.0 Å². The fraction of sp³-hybridized carbons (Fsp3) is 0.167. The van der Waals surface area contributed by atoms with E-state index in [0.717, 1.165) is 17.1 Å². The summed E-state index contributed by atoms with van der Waals surface area (Å²) in [4.78, 5) is 7.98. The Bertz CT molecular complexity index is 393. The lowest BCUT2D eigenvalue weighted by Gasteiger charge is -1.94. The normalized spacial score (nSPS) is 9.19. The molecule has 1 heterocycles. The molecule has 0 radical (unpaired) electrons. The number of aryl methyl sites for hydroxylation is 2. The van der Waals surface area contributed by atoms with Crippen molar-refractivity contribution < 1.29 is 0 Å². The van der Waals surface area contributed by atoms with Crippen LogP contribution in [0.15, 0.2) is 41.6 Å². The Balaban J connectivity index is 0.000000165. The molecule has 0 spiro atoms. The minimum atomic E-state index is 0.549. The van der Waals surface area contributed by atoms with Crippen LogP contribution in [0.3, 0.4) is 0 Å². The molecule has 2 aromatic rings. The highest BCUT2D eigenvalue weighted by Gasteiger charge is 1.91. The molecule has 1 aromatic carbocycles. The van der Waals surface area contributed by atoms with E-state index in [1.54, 1.807) is 0 Å². The molecule has 16 heavy (non-hydrogen) atoms. The first-order valence-electron chi connectivity index (χ1n) is 4.89. The first-order chi connectivity index (χ1) is 7.58. The second-order valence-corrected chi connectivity index (χ2v) is 3.76. The molecule has 0 aliphatic rings. The third kappa shape index (κ3) is 4.79. The topological polar surface area (TPSA) is 51.8 Å². The zero-order chi connectivity index (χ0) is 12.0. The lowest BCUT2D eigenvalue weighted by atomic mass is 10.3. The van der Waals surface area contributed by atoms with Crippen LogP contribution in [0.4, 0.5) is 5.69 Å². The van der Waals surface area contributed by atoms with Gasteiger partial charge in [-0.25, -0.2) is 9.97 Å². The maximum Gasteiger partial charge on any atom is 0.184 e. The average molecular weight is 233 g/mol. The molecule has 0 atom stereocenters. The van der Waals surface area contributed by atoms with Gasteiger partial charge in [-0.3, -0.25) is 0 Å². The lowest BCUT2D eigenvalue weighted by molar-refractivity contribution is 0.908. The van der Waals surface area contributed by atoms with Gasteiger partial charge in [0.15, 0.2) is 5.16 Å². The SMILES string of the molecule is Cc1cc(C)nc(S)n1.Nc1ccccc1. The van der Waals surface area contributed by atoms with Crippen LogP contribution >= 0.6 is 12.6 Å². The molecular formula is C12H15N3S. The van der Waals surface area contributed by atoms with Gasteiger partial charge in [0.1, 0.15) is 0 Å². The zero-order valence-electron chi connectivity index (χ0n) is 9.38. The molecule has 0 fully saturated rings. The molecule has 0 saturated carbocycles. The van der Waals surface area contributed by atoms with E-state index in [1.165, 1.54) is 0 Å². The lowest BCUT2D eigenvalue weighted by Crippen LogP contribution is -1.89. The van der Waals surface area contributed by atoms with Crippen molar-refractivity contribution in [2.24, 2.45) is 0 Å². The van der Waals surface area contributed by atoms with E-state index in [-0.39, 0.29) is 0 Å². The van der Waals surface area contributed by atoms with Crippen LogP contribution in [0.2, 0.25) is 0 Å². The largest absolute Gasteiger partial charge is 0.399 e. The summed E-state index contributed by atoms with van der Waals surface area (Å²) in [6, 6.07) is 11.4. The van der Waals surface area contributed by atoms with Crippen LogP contribution in [0.25, 0.3) is 0 Å². The highest BCUT2D eigenvalue weighted by Crippen LogP contribution is 2.01. The highest BCUT2D eigenvalue weighted by molar-refractivity contribution is 7.80. The summed E-state index contributed by atoms with van der Waals surface area (Å²) in [5, 5.41) is 0.549. The van der Waals surface area contributed by atoms with Crippen molar-refractivity contribution in [2.45, 2.75) is 19.0 Å². The summed E-state index contributed by atoms with van der Waals surface area (Å²) in [6.45, 7) is 3.85. The number of aromatic nitrogens is 2. The first kappa shape index (κ1) is 12.5. The van der Waals surface area contributed by atoms with Gasteiger partial charge in [0, 0.05) is 17.1 Å². The fourth-order valence-corrected chi connectivity index (χ4v) is 1.48. The number of thiol groups is 1. The van der Waals surface area contributed by atoms with Crippen molar-refractivity contribution in [1.82, 2.24) is 9.97 Å². The molecule has 0 aliphatic heterocycles. The van der Waals surface area contributed by atoms with E-state index in [4.69, 9.17) is 5.73 Å². The Hall–Kier alpha value is -1.55. The zero-order valence-corrected chi connectivity index (χ0v) is 10.3. The molecule has 2 rings (SSSR count). The van der Waals surface area contributed by atoms with Crippen LogP contribution in [-0.2, 0) is 0 Å². The number of hydrogen-bond acceptors (Lipinski definition) is 4. The van der Waals surface area contributed by atoms with Crippen LogP contribution in [0.1, 0.15) is 11.4 Å². The second kappa shape index (κ2) is 6.12. The second-order valence-electron chi connectivity index (χ2n) is 3.36. The van der Waals surface area contributed by atoms with E-state index in [1.807, 2.05) is 50.2 Å². The number of hydrogen-bond donors (Lipinski definition) is 2. The van der Waals surface area contributed by atoms with Crippen LogP contribution in [0.5, 0.6) is 0 Å². The van der Waals surface area contributed by atoms with E-state index in [9.17, 15) is 0 Å². The van der Waals surface area contributed by atoms with Crippen LogP contribution in [-0.4, -0.2) is 9.97 Å². The Morgan fingerprint density at radius 1 is 1.00 bits per heavy atom. The van der Waals surface area contributed by atoms with Crippen molar-refractivity contribution in [2.75, 3.05) is 5.73 Å². The molecule has 1 aromatic heterocycles. The van der Waals surface area contributed by atoms with Gasteiger partial charge < -0.3 is 5.73 Å². The third-order valence-electron chi connectivity index (χ3n) is 1.77. The molecule has 0 amide bonds. The number of nitrogen functional groups attached to an aromatic ring is 1. The van der Waals surface area contributed by atoms with E-state index in [0.29, 0.717) is 5.16 Å². The average Bonchev–Trinajstić information content (AvgIpc) is 2.17. The number of rotatable bonds is 0. The summed E-state index contributed by atoms with van der Waals surface area (Å²) in [6.07, 6.45) is 0. The van der Waals surface area contributed by atoms with Crippen molar-refractivity contribution >= 4 is 18.3 Å². The smallest absolute Gasteiger partial charge is 0.184 e. The monoisotopic (exact) mass is 233 g/mol. The Labute approximate surface area is 101 Å². The highest BCUT2D eigenvalue weighted by atomic mass is 32.1. The van der Waals surface area contributed by atoms with Crippen molar-refractivity contribution in [3.05, 3.63) is 47.8 Å². The van der Waals surface area contributed by atoms with Crippen LogP contribution < -0.4 is 5.73 Å². The van der Waals surface area contributed by atoms with Gasteiger partial charge in [0.25, 0.3) is 0 Å². The molecule has 0 unspecified atom stereocenters. The summed E-state index contributed by atoms with van der Waals surface area (Å²) < 4.78 is 0. The standard InChI is InChI=1S/C6H8N2S.C6H7N/c1-4-3-5(2)8-6(9)7-4;7-6-4-2-1-3-5-6/h3H,1-2H3,(H,7,8,9);1-5H,7H2.